The Kier molecular flexibility index (Phi) is 4.58. The Hall–Kier alpha value is -1.36. The average Bonchev–Trinajstić information content (AvgIpc) is 2.95. The maximum absolute atomic E-state index is 5.41. The highest BCUT2D eigenvalue weighted by Crippen LogP contribution is 2.34. The Morgan fingerprint density at radius 2 is 2.00 bits per heavy atom. The number of benzene rings is 1. The third kappa shape index (κ3) is 3.28. The molecule has 1 aliphatic heterocycles. The molecule has 3 rings (SSSR count). The van der Waals surface area contributed by atoms with Crippen LogP contribution in [0.5, 0.6) is 5.75 Å². The lowest BCUT2D eigenvalue weighted by Gasteiger charge is -2.34. The first-order valence-corrected chi connectivity index (χ1v) is 8.24. The molecule has 1 fully saturated rings. The van der Waals surface area contributed by atoms with Gasteiger partial charge in [0.1, 0.15) is 5.75 Å². The Morgan fingerprint density at radius 3 is 2.67 bits per heavy atom. The van der Waals surface area contributed by atoms with Crippen molar-refractivity contribution in [3.05, 3.63) is 51.7 Å². The van der Waals surface area contributed by atoms with Gasteiger partial charge in [0.25, 0.3) is 0 Å². The molecule has 2 heterocycles. The van der Waals surface area contributed by atoms with E-state index in [9.17, 15) is 0 Å². The predicted octanol–water partition coefficient (Wildman–Crippen LogP) is 3.06. The number of hydrogen-bond acceptors (Lipinski definition) is 4. The number of piperazine rings is 1. The van der Waals surface area contributed by atoms with Crippen molar-refractivity contribution in [1.29, 1.82) is 0 Å². The number of hydrogen-bond donors (Lipinski definition) is 1. The third-order valence-corrected chi connectivity index (χ3v) is 5.01. The summed E-state index contributed by atoms with van der Waals surface area (Å²) >= 11 is 1.89. The van der Waals surface area contributed by atoms with Crippen molar-refractivity contribution >= 4 is 11.3 Å². The van der Waals surface area contributed by atoms with Crippen LogP contribution in [0.15, 0.2) is 36.4 Å². The van der Waals surface area contributed by atoms with Gasteiger partial charge in [-0.25, -0.2) is 0 Å². The zero-order valence-corrected chi connectivity index (χ0v) is 13.5. The van der Waals surface area contributed by atoms with Crippen LogP contribution in [-0.2, 0) is 0 Å². The van der Waals surface area contributed by atoms with Crippen molar-refractivity contribution in [3.63, 3.8) is 0 Å². The molecule has 1 unspecified atom stereocenters. The van der Waals surface area contributed by atoms with Gasteiger partial charge in [0, 0.05) is 35.9 Å². The lowest BCUT2D eigenvalue weighted by atomic mass is 10.0. The molecule has 0 spiro atoms. The Labute approximate surface area is 130 Å². The fourth-order valence-corrected chi connectivity index (χ4v) is 3.95. The minimum Gasteiger partial charge on any atom is -0.497 e. The number of rotatable bonds is 4. The minimum atomic E-state index is 0.334. The van der Waals surface area contributed by atoms with Gasteiger partial charge in [-0.15, -0.1) is 11.3 Å². The van der Waals surface area contributed by atoms with Gasteiger partial charge < -0.3 is 10.1 Å². The lowest BCUT2D eigenvalue weighted by molar-refractivity contribution is 0.200. The van der Waals surface area contributed by atoms with Crippen LogP contribution in [0.25, 0.3) is 0 Å². The van der Waals surface area contributed by atoms with E-state index in [4.69, 9.17) is 4.74 Å². The van der Waals surface area contributed by atoms with E-state index in [0.29, 0.717) is 6.04 Å². The first kappa shape index (κ1) is 14.6. The summed E-state index contributed by atoms with van der Waals surface area (Å²) in [5.41, 5.74) is 1.32. The molecule has 1 aromatic heterocycles. The van der Waals surface area contributed by atoms with Crippen LogP contribution in [0.3, 0.4) is 0 Å². The van der Waals surface area contributed by atoms with E-state index in [1.165, 1.54) is 15.3 Å². The van der Waals surface area contributed by atoms with Crippen LogP contribution in [0.2, 0.25) is 0 Å². The van der Waals surface area contributed by atoms with Crippen molar-refractivity contribution in [2.75, 3.05) is 33.3 Å². The highest BCUT2D eigenvalue weighted by atomic mass is 32.1. The Morgan fingerprint density at radius 1 is 1.19 bits per heavy atom. The number of nitrogens with one attached hydrogen (secondary N) is 1. The predicted molar refractivity (Wildman–Crippen MR) is 88.3 cm³/mol. The summed E-state index contributed by atoms with van der Waals surface area (Å²) in [6, 6.07) is 13.3. The van der Waals surface area contributed by atoms with E-state index in [1.54, 1.807) is 7.11 Å². The molecular formula is C17H22N2OS. The van der Waals surface area contributed by atoms with Gasteiger partial charge in [0.15, 0.2) is 0 Å². The normalized spacial score (nSPS) is 17.6. The highest BCUT2D eigenvalue weighted by molar-refractivity contribution is 7.12. The van der Waals surface area contributed by atoms with Gasteiger partial charge in [-0.3, -0.25) is 4.90 Å². The smallest absolute Gasteiger partial charge is 0.119 e. The van der Waals surface area contributed by atoms with Crippen LogP contribution < -0.4 is 10.1 Å². The molecule has 112 valence electrons. The lowest BCUT2D eigenvalue weighted by Crippen LogP contribution is -2.45. The second-order valence-electron chi connectivity index (χ2n) is 5.41. The molecule has 0 bridgehead atoms. The summed E-state index contributed by atoms with van der Waals surface area (Å²) in [7, 11) is 1.73. The molecule has 21 heavy (non-hydrogen) atoms. The summed E-state index contributed by atoms with van der Waals surface area (Å²) in [4.78, 5) is 5.35. The summed E-state index contributed by atoms with van der Waals surface area (Å²) in [6.45, 7) is 6.46. The summed E-state index contributed by atoms with van der Waals surface area (Å²) in [5, 5.41) is 3.44. The van der Waals surface area contributed by atoms with E-state index in [1.807, 2.05) is 17.4 Å². The van der Waals surface area contributed by atoms with Crippen molar-refractivity contribution < 1.29 is 4.74 Å². The quantitative estimate of drug-likeness (QED) is 0.939. The molecule has 0 amide bonds. The molecule has 1 aliphatic rings. The molecular weight excluding hydrogens is 280 g/mol. The number of aryl methyl sites for hydroxylation is 1. The molecule has 4 heteroatoms. The maximum Gasteiger partial charge on any atom is 0.119 e. The molecule has 2 aromatic rings. The van der Waals surface area contributed by atoms with E-state index in [2.05, 4.69) is 47.5 Å². The van der Waals surface area contributed by atoms with Crippen LogP contribution >= 0.6 is 11.3 Å². The first-order valence-electron chi connectivity index (χ1n) is 7.43. The SMILES string of the molecule is COc1cccc(C(c2ccc(C)s2)N2CCNCC2)c1. The van der Waals surface area contributed by atoms with Gasteiger partial charge >= 0.3 is 0 Å². The van der Waals surface area contributed by atoms with Gasteiger partial charge in [-0.1, -0.05) is 12.1 Å². The minimum absolute atomic E-state index is 0.334. The summed E-state index contributed by atoms with van der Waals surface area (Å²) in [6.07, 6.45) is 0. The van der Waals surface area contributed by atoms with Crippen LogP contribution in [-0.4, -0.2) is 38.2 Å². The summed E-state index contributed by atoms with van der Waals surface area (Å²) in [5.74, 6) is 0.931. The second-order valence-corrected chi connectivity index (χ2v) is 6.73. The van der Waals surface area contributed by atoms with Crippen molar-refractivity contribution in [2.45, 2.75) is 13.0 Å². The molecule has 1 atom stereocenters. The molecule has 1 aromatic carbocycles. The number of methoxy groups -OCH3 is 1. The zero-order chi connectivity index (χ0) is 14.7. The number of nitrogens with zero attached hydrogens (tertiary/aromatic N) is 1. The fraction of sp³-hybridized carbons (Fsp3) is 0.412. The van der Waals surface area contributed by atoms with Gasteiger partial charge in [0.2, 0.25) is 0 Å². The first-order chi connectivity index (χ1) is 10.3. The fourth-order valence-electron chi connectivity index (χ4n) is 2.91. The van der Waals surface area contributed by atoms with Gasteiger partial charge in [-0.05, 0) is 36.8 Å². The largest absolute Gasteiger partial charge is 0.497 e. The molecule has 0 radical (unpaired) electrons. The Balaban J connectivity index is 1.97. The maximum atomic E-state index is 5.41. The van der Waals surface area contributed by atoms with Gasteiger partial charge in [0.05, 0.1) is 13.2 Å². The average molecular weight is 302 g/mol. The molecule has 0 saturated carbocycles. The van der Waals surface area contributed by atoms with E-state index >= 15 is 0 Å². The molecule has 0 aliphatic carbocycles. The van der Waals surface area contributed by atoms with Crippen LogP contribution in [0, 0.1) is 6.92 Å². The van der Waals surface area contributed by atoms with Crippen LogP contribution in [0.1, 0.15) is 21.4 Å². The van der Waals surface area contributed by atoms with E-state index in [0.717, 1.165) is 31.9 Å². The Bertz CT molecular complexity index is 590. The standard InChI is InChI=1S/C17H22N2OS/c1-13-6-7-16(21-13)17(19-10-8-18-9-11-19)14-4-3-5-15(12-14)20-2/h3-7,12,17-18H,8-11H2,1-2H3. The topological polar surface area (TPSA) is 24.5 Å². The number of thiophene rings is 1. The van der Waals surface area contributed by atoms with E-state index in [-0.39, 0.29) is 0 Å². The molecule has 3 nitrogen and oxygen atoms in total. The third-order valence-electron chi connectivity index (χ3n) is 3.96. The van der Waals surface area contributed by atoms with Crippen LogP contribution in [0.4, 0.5) is 0 Å². The van der Waals surface area contributed by atoms with Crippen molar-refractivity contribution in [2.24, 2.45) is 0 Å². The highest BCUT2D eigenvalue weighted by Gasteiger charge is 2.25. The summed E-state index contributed by atoms with van der Waals surface area (Å²) < 4.78 is 5.41. The van der Waals surface area contributed by atoms with Crippen molar-refractivity contribution in [3.8, 4) is 5.75 Å². The monoisotopic (exact) mass is 302 g/mol. The van der Waals surface area contributed by atoms with Crippen molar-refractivity contribution in [1.82, 2.24) is 10.2 Å². The second kappa shape index (κ2) is 6.60. The molecule has 1 saturated heterocycles. The zero-order valence-electron chi connectivity index (χ0n) is 12.6. The number of ether oxygens (including phenoxy) is 1. The van der Waals surface area contributed by atoms with E-state index < -0.39 is 0 Å². The van der Waals surface area contributed by atoms with Gasteiger partial charge in [-0.2, -0.15) is 0 Å². The molecule has 1 N–H and O–H groups in total.